The molecule has 0 atom stereocenters. The molecule has 1 N–H and O–H groups in total. The quantitative estimate of drug-likeness (QED) is 0.850. The third-order valence-corrected chi connectivity index (χ3v) is 2.61. The molecule has 0 saturated heterocycles. The molecule has 1 aromatic carbocycles. The van der Waals surface area contributed by atoms with Crippen molar-refractivity contribution in [2.45, 2.75) is 19.3 Å². The summed E-state index contributed by atoms with van der Waals surface area (Å²) in [5, 5.41) is 9.14. The highest BCUT2D eigenvalue weighted by molar-refractivity contribution is 5.80. The van der Waals surface area contributed by atoms with E-state index in [4.69, 9.17) is 14.6 Å². The first-order valence-corrected chi connectivity index (χ1v) is 4.88. The monoisotopic (exact) mass is 224 g/mol. The van der Waals surface area contributed by atoms with Crippen molar-refractivity contribution in [3.05, 3.63) is 23.8 Å². The van der Waals surface area contributed by atoms with Crippen LogP contribution in [0.2, 0.25) is 0 Å². The van der Waals surface area contributed by atoms with Gasteiger partial charge in [-0.3, -0.25) is 4.79 Å². The third kappa shape index (κ3) is 2.27. The van der Waals surface area contributed by atoms with E-state index in [1.54, 1.807) is 32.0 Å². The number of methoxy groups -OCH3 is 2. The minimum Gasteiger partial charge on any atom is -0.497 e. The van der Waals surface area contributed by atoms with E-state index in [2.05, 4.69) is 0 Å². The molecule has 0 saturated carbocycles. The van der Waals surface area contributed by atoms with Crippen molar-refractivity contribution in [2.24, 2.45) is 0 Å². The molecule has 0 bridgehead atoms. The molecule has 0 spiro atoms. The molecule has 88 valence electrons. The lowest BCUT2D eigenvalue weighted by Gasteiger charge is -2.21. The lowest BCUT2D eigenvalue weighted by atomic mass is 9.84. The highest BCUT2D eigenvalue weighted by Crippen LogP contribution is 2.31. The zero-order valence-electron chi connectivity index (χ0n) is 9.90. The largest absolute Gasteiger partial charge is 0.497 e. The minimum absolute atomic E-state index is 0.587. The average Bonchev–Trinajstić information content (AvgIpc) is 2.27. The summed E-state index contributed by atoms with van der Waals surface area (Å²) in [6.45, 7) is 3.28. The molecule has 0 unspecified atom stereocenters. The summed E-state index contributed by atoms with van der Waals surface area (Å²) in [5.74, 6) is 0.287. The number of benzene rings is 1. The summed E-state index contributed by atoms with van der Waals surface area (Å²) in [6, 6.07) is 5.12. The van der Waals surface area contributed by atoms with E-state index in [0.717, 1.165) is 0 Å². The van der Waals surface area contributed by atoms with Gasteiger partial charge in [-0.2, -0.15) is 0 Å². The summed E-state index contributed by atoms with van der Waals surface area (Å²) in [6.07, 6.45) is 0. The van der Waals surface area contributed by atoms with Gasteiger partial charge in [0.25, 0.3) is 0 Å². The van der Waals surface area contributed by atoms with E-state index in [9.17, 15) is 4.79 Å². The summed E-state index contributed by atoms with van der Waals surface area (Å²) in [5.41, 5.74) is -0.321. The van der Waals surface area contributed by atoms with Crippen LogP contribution in [0.3, 0.4) is 0 Å². The lowest BCUT2D eigenvalue weighted by Crippen LogP contribution is -2.28. The maximum atomic E-state index is 11.1. The van der Waals surface area contributed by atoms with Crippen molar-refractivity contribution in [3.63, 3.8) is 0 Å². The van der Waals surface area contributed by atoms with Gasteiger partial charge in [0.1, 0.15) is 11.5 Å². The normalized spacial score (nSPS) is 11.0. The second-order valence-electron chi connectivity index (χ2n) is 4.03. The molecule has 4 nitrogen and oxygen atoms in total. The van der Waals surface area contributed by atoms with Gasteiger partial charge in [-0.15, -0.1) is 0 Å². The summed E-state index contributed by atoms with van der Waals surface area (Å²) < 4.78 is 10.2. The Kier molecular flexibility index (Phi) is 3.42. The lowest BCUT2D eigenvalue weighted by molar-refractivity contribution is -0.142. The van der Waals surface area contributed by atoms with Crippen LogP contribution in [0.5, 0.6) is 11.5 Å². The summed E-state index contributed by atoms with van der Waals surface area (Å²) in [4.78, 5) is 11.1. The van der Waals surface area contributed by atoms with Gasteiger partial charge in [0.2, 0.25) is 0 Å². The fraction of sp³-hybridized carbons (Fsp3) is 0.417. The Bertz CT molecular complexity index is 374. The van der Waals surface area contributed by atoms with Gasteiger partial charge in [-0.05, 0) is 31.5 Å². The number of carboxylic acids is 1. The van der Waals surface area contributed by atoms with Gasteiger partial charge in [0.05, 0.1) is 19.6 Å². The van der Waals surface area contributed by atoms with Gasteiger partial charge in [0, 0.05) is 6.07 Å². The molecular formula is C12H16O4. The van der Waals surface area contributed by atoms with Gasteiger partial charge < -0.3 is 14.6 Å². The molecular weight excluding hydrogens is 208 g/mol. The van der Waals surface area contributed by atoms with Crippen molar-refractivity contribution in [2.75, 3.05) is 14.2 Å². The van der Waals surface area contributed by atoms with E-state index in [1.807, 2.05) is 0 Å². The van der Waals surface area contributed by atoms with Crippen molar-refractivity contribution < 1.29 is 19.4 Å². The van der Waals surface area contributed by atoms with E-state index >= 15 is 0 Å². The molecule has 0 heterocycles. The van der Waals surface area contributed by atoms with Crippen LogP contribution in [0.4, 0.5) is 0 Å². The first-order chi connectivity index (χ1) is 7.41. The Hall–Kier alpha value is -1.71. The molecule has 16 heavy (non-hydrogen) atoms. The molecule has 0 aliphatic heterocycles. The van der Waals surface area contributed by atoms with Crippen LogP contribution < -0.4 is 9.47 Å². The van der Waals surface area contributed by atoms with E-state index in [0.29, 0.717) is 17.1 Å². The predicted octanol–water partition coefficient (Wildman–Crippen LogP) is 2.07. The molecule has 0 aliphatic carbocycles. The standard InChI is InChI=1S/C12H16O4/c1-12(2,11(13)14)8-5-9(15-3)7-10(6-8)16-4/h5-7H,1-4H3,(H,13,14). The molecule has 1 aromatic rings. The van der Waals surface area contributed by atoms with Crippen LogP contribution in [-0.4, -0.2) is 25.3 Å². The molecule has 0 fully saturated rings. The summed E-state index contributed by atoms with van der Waals surface area (Å²) >= 11 is 0. The molecule has 0 aromatic heterocycles. The smallest absolute Gasteiger partial charge is 0.313 e. The second kappa shape index (κ2) is 4.43. The van der Waals surface area contributed by atoms with Crippen LogP contribution in [0.1, 0.15) is 19.4 Å². The van der Waals surface area contributed by atoms with Crippen molar-refractivity contribution >= 4 is 5.97 Å². The molecule has 4 heteroatoms. The van der Waals surface area contributed by atoms with Crippen LogP contribution in [0.25, 0.3) is 0 Å². The van der Waals surface area contributed by atoms with Crippen molar-refractivity contribution in [1.82, 2.24) is 0 Å². The molecule has 0 aliphatic rings. The molecule has 1 rings (SSSR count). The Morgan fingerprint density at radius 1 is 1.12 bits per heavy atom. The zero-order valence-corrected chi connectivity index (χ0v) is 9.90. The first kappa shape index (κ1) is 12.4. The van der Waals surface area contributed by atoms with Crippen LogP contribution in [0, 0.1) is 0 Å². The van der Waals surface area contributed by atoms with E-state index in [1.165, 1.54) is 14.2 Å². The third-order valence-electron chi connectivity index (χ3n) is 2.61. The number of carbonyl (C=O) groups is 1. The summed E-state index contributed by atoms with van der Waals surface area (Å²) in [7, 11) is 3.07. The van der Waals surface area contributed by atoms with Gasteiger partial charge >= 0.3 is 5.97 Å². The van der Waals surface area contributed by atoms with E-state index in [-0.39, 0.29) is 0 Å². The van der Waals surface area contributed by atoms with Crippen LogP contribution in [-0.2, 0) is 10.2 Å². The number of carboxylic acid groups (broad SMARTS) is 1. The Morgan fingerprint density at radius 3 is 1.88 bits per heavy atom. The van der Waals surface area contributed by atoms with Gasteiger partial charge in [-0.25, -0.2) is 0 Å². The Labute approximate surface area is 94.8 Å². The maximum absolute atomic E-state index is 11.1. The van der Waals surface area contributed by atoms with Gasteiger partial charge in [-0.1, -0.05) is 0 Å². The number of hydrogen-bond acceptors (Lipinski definition) is 3. The molecule has 0 radical (unpaired) electrons. The highest BCUT2D eigenvalue weighted by Gasteiger charge is 2.30. The number of hydrogen-bond donors (Lipinski definition) is 1. The highest BCUT2D eigenvalue weighted by atomic mass is 16.5. The van der Waals surface area contributed by atoms with Gasteiger partial charge in [0.15, 0.2) is 0 Å². The van der Waals surface area contributed by atoms with Crippen LogP contribution in [0.15, 0.2) is 18.2 Å². The van der Waals surface area contributed by atoms with Crippen LogP contribution >= 0.6 is 0 Å². The minimum atomic E-state index is -0.970. The predicted molar refractivity (Wildman–Crippen MR) is 60.2 cm³/mol. The number of rotatable bonds is 4. The molecule has 0 amide bonds. The van der Waals surface area contributed by atoms with Crippen molar-refractivity contribution in [3.8, 4) is 11.5 Å². The number of ether oxygens (including phenoxy) is 2. The Morgan fingerprint density at radius 2 is 1.56 bits per heavy atom. The maximum Gasteiger partial charge on any atom is 0.313 e. The second-order valence-corrected chi connectivity index (χ2v) is 4.03. The SMILES string of the molecule is COc1cc(OC)cc(C(C)(C)C(=O)O)c1. The topological polar surface area (TPSA) is 55.8 Å². The fourth-order valence-electron chi connectivity index (χ4n) is 1.29. The first-order valence-electron chi connectivity index (χ1n) is 4.88. The number of aliphatic carboxylic acids is 1. The fourth-order valence-corrected chi connectivity index (χ4v) is 1.29. The zero-order chi connectivity index (χ0) is 12.3. The Balaban J connectivity index is 3.27. The average molecular weight is 224 g/mol. The van der Waals surface area contributed by atoms with Crippen molar-refractivity contribution in [1.29, 1.82) is 0 Å². The van der Waals surface area contributed by atoms with E-state index < -0.39 is 11.4 Å².